The molecule has 1 aromatic heterocycles. The molecule has 8 nitrogen and oxygen atoms in total. The maximum Gasteiger partial charge on any atom is 0.416 e. The number of carbonyl (C=O) groups excluding carboxylic acids is 1. The quantitative estimate of drug-likeness (QED) is 0.349. The normalized spacial score (nSPS) is 16.1. The summed E-state index contributed by atoms with van der Waals surface area (Å²) in [7, 11) is -3.79. The summed E-state index contributed by atoms with van der Waals surface area (Å²) in [5.74, 6) is -0.331. The fraction of sp³-hybridized carbons (Fsp3) is 0.385. The van der Waals surface area contributed by atoms with Gasteiger partial charge in [-0.3, -0.25) is 9.69 Å². The Labute approximate surface area is 239 Å². The molecule has 1 fully saturated rings. The number of nitrogens with one attached hydrogen (secondary N) is 1. The maximum absolute atomic E-state index is 13.3. The number of aromatic nitrogens is 1. The van der Waals surface area contributed by atoms with Gasteiger partial charge in [-0.25, -0.2) is 13.4 Å². The summed E-state index contributed by atoms with van der Waals surface area (Å²) in [4.78, 5) is 17.6. The number of anilines is 1. The molecule has 4 rings (SSSR count). The number of amides is 1. The van der Waals surface area contributed by atoms with E-state index < -0.39 is 27.9 Å². The first-order chi connectivity index (χ1) is 18.8. The van der Waals surface area contributed by atoms with Gasteiger partial charge in [0.15, 0.2) is 9.34 Å². The Morgan fingerprint density at radius 3 is 2.30 bits per heavy atom. The van der Waals surface area contributed by atoms with Gasteiger partial charge in [0.1, 0.15) is 0 Å². The van der Waals surface area contributed by atoms with Crippen LogP contribution in [0.15, 0.2) is 52.7 Å². The van der Waals surface area contributed by atoms with Crippen LogP contribution >= 0.6 is 22.9 Å². The lowest BCUT2D eigenvalue weighted by atomic mass is 10.1. The SMILES string of the molecule is CC(=O)Nc1nc(C)c(S(=O)(=O)N2CCN(CC(OCc3ccc(C(F)(F)F)cc3)c3ccc(Cl)cc3)CC2)s1. The Balaban J connectivity index is 1.41. The van der Waals surface area contributed by atoms with E-state index in [2.05, 4.69) is 15.2 Å². The van der Waals surface area contributed by atoms with Gasteiger partial charge < -0.3 is 10.1 Å². The van der Waals surface area contributed by atoms with Gasteiger partial charge in [0.05, 0.1) is 24.0 Å². The molecule has 1 saturated heterocycles. The zero-order valence-electron chi connectivity index (χ0n) is 21.7. The summed E-state index contributed by atoms with van der Waals surface area (Å²) in [6.07, 6.45) is -4.83. The molecule has 1 aliphatic heterocycles. The van der Waals surface area contributed by atoms with Crippen LogP contribution in [0.5, 0.6) is 0 Å². The third-order valence-corrected chi connectivity index (χ3v) is 10.2. The van der Waals surface area contributed by atoms with Gasteiger partial charge in [-0.05, 0) is 42.3 Å². The highest BCUT2D eigenvalue weighted by molar-refractivity contribution is 7.91. The second-order valence-electron chi connectivity index (χ2n) is 9.32. The molecule has 1 amide bonds. The number of piperazine rings is 1. The number of ether oxygens (including phenoxy) is 1. The van der Waals surface area contributed by atoms with Crippen LogP contribution in [0.25, 0.3) is 0 Å². The van der Waals surface area contributed by atoms with E-state index in [4.69, 9.17) is 16.3 Å². The summed E-state index contributed by atoms with van der Waals surface area (Å²) < 4.78 is 73.0. The highest BCUT2D eigenvalue weighted by atomic mass is 35.5. The van der Waals surface area contributed by atoms with E-state index >= 15 is 0 Å². The number of nitrogens with zero attached hydrogens (tertiary/aromatic N) is 3. The number of aryl methyl sites for hydroxylation is 1. The number of halogens is 4. The molecule has 216 valence electrons. The first kappa shape index (κ1) is 30.4. The van der Waals surface area contributed by atoms with Gasteiger partial charge in [-0.2, -0.15) is 17.5 Å². The molecule has 1 aliphatic rings. The number of hydrogen-bond donors (Lipinski definition) is 1. The van der Waals surface area contributed by atoms with Crippen molar-refractivity contribution < 1.29 is 31.1 Å². The van der Waals surface area contributed by atoms with Crippen LogP contribution in [0, 0.1) is 6.92 Å². The average Bonchev–Trinajstić information content (AvgIpc) is 3.27. The number of sulfonamides is 1. The lowest BCUT2D eigenvalue weighted by molar-refractivity contribution is -0.137. The topological polar surface area (TPSA) is 91.8 Å². The Hall–Kier alpha value is -2.55. The number of thiazole rings is 1. The lowest BCUT2D eigenvalue weighted by Gasteiger charge is -2.35. The Morgan fingerprint density at radius 1 is 1.10 bits per heavy atom. The van der Waals surface area contributed by atoms with Gasteiger partial charge in [0.2, 0.25) is 5.91 Å². The molecule has 0 bridgehead atoms. The molecule has 0 spiro atoms. The van der Waals surface area contributed by atoms with E-state index in [9.17, 15) is 26.4 Å². The first-order valence-electron chi connectivity index (χ1n) is 12.3. The predicted octanol–water partition coefficient (Wildman–Crippen LogP) is 5.35. The van der Waals surface area contributed by atoms with E-state index in [1.807, 2.05) is 12.1 Å². The van der Waals surface area contributed by atoms with E-state index in [1.54, 1.807) is 19.1 Å². The molecule has 40 heavy (non-hydrogen) atoms. The summed E-state index contributed by atoms with van der Waals surface area (Å²) in [6, 6.07) is 12.0. The average molecular weight is 617 g/mol. The molecule has 0 saturated carbocycles. The third-order valence-electron chi connectivity index (χ3n) is 6.34. The molecule has 1 atom stereocenters. The summed E-state index contributed by atoms with van der Waals surface area (Å²) in [5, 5.41) is 3.32. The van der Waals surface area contributed by atoms with Crippen LogP contribution < -0.4 is 5.32 Å². The molecule has 0 radical (unpaired) electrons. The van der Waals surface area contributed by atoms with Crippen molar-refractivity contribution >= 4 is 44.0 Å². The minimum atomic E-state index is -4.41. The van der Waals surface area contributed by atoms with Crippen LogP contribution in [0.4, 0.5) is 18.3 Å². The highest BCUT2D eigenvalue weighted by Gasteiger charge is 2.33. The van der Waals surface area contributed by atoms with Crippen molar-refractivity contribution in [3.8, 4) is 0 Å². The maximum atomic E-state index is 13.3. The molecule has 14 heteroatoms. The molecule has 3 aromatic rings. The van der Waals surface area contributed by atoms with Crippen LogP contribution in [-0.4, -0.2) is 61.2 Å². The molecular formula is C26H28ClF3N4O4S2. The molecule has 2 aromatic carbocycles. The Morgan fingerprint density at radius 2 is 1.73 bits per heavy atom. The number of hydrogen-bond acceptors (Lipinski definition) is 7. The molecule has 1 N–H and O–H groups in total. The fourth-order valence-electron chi connectivity index (χ4n) is 4.25. The van der Waals surface area contributed by atoms with Crippen LogP contribution in [0.1, 0.15) is 35.4 Å². The van der Waals surface area contributed by atoms with Crippen molar-refractivity contribution in [1.29, 1.82) is 0 Å². The van der Waals surface area contributed by atoms with Gasteiger partial charge >= 0.3 is 6.18 Å². The van der Waals surface area contributed by atoms with Gasteiger partial charge in [0.25, 0.3) is 10.0 Å². The minimum Gasteiger partial charge on any atom is -0.368 e. The van der Waals surface area contributed by atoms with Crippen molar-refractivity contribution in [3.05, 3.63) is 75.9 Å². The molecule has 2 heterocycles. The van der Waals surface area contributed by atoms with Crippen molar-refractivity contribution in [3.63, 3.8) is 0 Å². The number of benzene rings is 2. The largest absolute Gasteiger partial charge is 0.416 e. The van der Waals surface area contributed by atoms with Gasteiger partial charge in [-0.1, -0.05) is 47.2 Å². The summed E-state index contributed by atoms with van der Waals surface area (Å²) in [5.41, 5.74) is 1.05. The second-order valence-corrected chi connectivity index (χ2v) is 12.9. The van der Waals surface area contributed by atoms with Gasteiger partial charge in [0, 0.05) is 44.7 Å². The van der Waals surface area contributed by atoms with Crippen LogP contribution in [0.2, 0.25) is 5.02 Å². The van der Waals surface area contributed by atoms with E-state index in [1.165, 1.54) is 23.4 Å². The highest BCUT2D eigenvalue weighted by Crippen LogP contribution is 2.32. The zero-order chi connectivity index (χ0) is 29.1. The standard InChI is InChI=1S/C26H28ClF3N4O4S2/c1-17-24(39-25(31-17)32-18(2)35)40(36,37)34-13-11-33(12-14-34)15-23(20-5-9-22(27)10-6-20)38-16-19-3-7-21(8-4-19)26(28,29)30/h3-10,23H,11-16H2,1-2H3,(H,31,32,35). The fourth-order valence-corrected chi connectivity index (χ4v) is 7.39. The smallest absolute Gasteiger partial charge is 0.368 e. The monoisotopic (exact) mass is 616 g/mol. The van der Waals surface area contributed by atoms with Crippen molar-refractivity contribution in [2.24, 2.45) is 0 Å². The Bertz CT molecular complexity index is 1420. The molecule has 1 unspecified atom stereocenters. The predicted molar refractivity (Wildman–Crippen MR) is 147 cm³/mol. The van der Waals surface area contributed by atoms with Crippen molar-refractivity contribution in [2.75, 3.05) is 38.0 Å². The first-order valence-corrected chi connectivity index (χ1v) is 15.0. The van der Waals surface area contributed by atoms with Gasteiger partial charge in [-0.15, -0.1) is 0 Å². The van der Waals surface area contributed by atoms with Crippen molar-refractivity contribution in [1.82, 2.24) is 14.2 Å². The summed E-state index contributed by atoms with van der Waals surface area (Å²) in [6.45, 7) is 4.86. The number of alkyl halides is 3. The molecule has 0 aliphatic carbocycles. The zero-order valence-corrected chi connectivity index (χ0v) is 24.1. The lowest BCUT2D eigenvalue weighted by Crippen LogP contribution is -2.49. The van der Waals surface area contributed by atoms with E-state index in [0.717, 1.165) is 29.0 Å². The second kappa shape index (κ2) is 12.5. The minimum absolute atomic E-state index is 0.0983. The molecular weight excluding hydrogens is 589 g/mol. The third kappa shape index (κ3) is 7.59. The van der Waals surface area contributed by atoms with Crippen molar-refractivity contribution in [2.45, 2.75) is 36.9 Å². The van der Waals surface area contributed by atoms with Crippen LogP contribution in [-0.2, 0) is 32.3 Å². The summed E-state index contributed by atoms with van der Waals surface area (Å²) >= 11 is 6.98. The number of rotatable bonds is 9. The van der Waals surface area contributed by atoms with E-state index in [-0.39, 0.29) is 34.9 Å². The van der Waals surface area contributed by atoms with E-state index in [0.29, 0.717) is 35.9 Å². The number of carbonyl (C=O) groups is 1. The van der Waals surface area contributed by atoms with Crippen LogP contribution in [0.3, 0.4) is 0 Å². The Kier molecular flexibility index (Phi) is 9.53.